The smallest absolute Gasteiger partial charge is 0.326 e. The van der Waals surface area contributed by atoms with Gasteiger partial charge in [-0.05, 0) is 42.2 Å². The summed E-state index contributed by atoms with van der Waals surface area (Å²) in [4.78, 5) is 6.30. The number of alkyl halides is 3. The van der Waals surface area contributed by atoms with E-state index in [0.29, 0.717) is 30.1 Å². The number of hydrogen-bond acceptors (Lipinski definition) is 7. The van der Waals surface area contributed by atoms with Crippen molar-refractivity contribution >= 4 is 22.8 Å². The van der Waals surface area contributed by atoms with Crippen LogP contribution in [0.25, 0.3) is 28.1 Å². The third kappa shape index (κ3) is 4.21. The average molecular weight is 509 g/mol. The quantitative estimate of drug-likeness (QED) is 0.450. The van der Waals surface area contributed by atoms with Crippen molar-refractivity contribution in [2.75, 3.05) is 26.7 Å². The number of nitrogens with two attached hydrogens (primary N) is 1. The molecule has 6 rings (SSSR count). The molecule has 0 aliphatic carbocycles. The van der Waals surface area contributed by atoms with E-state index >= 15 is 0 Å². The van der Waals surface area contributed by atoms with Crippen LogP contribution in [-0.2, 0) is 0 Å². The van der Waals surface area contributed by atoms with Gasteiger partial charge in [-0.25, -0.2) is 4.98 Å². The van der Waals surface area contributed by atoms with Crippen LogP contribution in [0, 0.1) is 6.92 Å². The van der Waals surface area contributed by atoms with E-state index in [2.05, 4.69) is 21.4 Å². The Bertz CT molecular complexity index is 1510. The molecular formula is C26H27F3N8. The molecule has 1 saturated heterocycles. The second-order valence-corrected chi connectivity index (χ2v) is 9.96. The van der Waals surface area contributed by atoms with E-state index in [1.165, 1.54) is 17.2 Å². The largest absolute Gasteiger partial charge is 0.408 e. The van der Waals surface area contributed by atoms with Gasteiger partial charge >= 0.3 is 6.18 Å². The van der Waals surface area contributed by atoms with Crippen molar-refractivity contribution < 1.29 is 13.2 Å². The van der Waals surface area contributed by atoms with Crippen LogP contribution < -0.4 is 5.73 Å². The van der Waals surface area contributed by atoms with Gasteiger partial charge in [-0.1, -0.05) is 24.3 Å². The summed E-state index contributed by atoms with van der Waals surface area (Å²) >= 11 is 0. The number of aryl methyl sites for hydroxylation is 1. The van der Waals surface area contributed by atoms with Gasteiger partial charge in [-0.15, -0.1) is 10.2 Å². The number of rotatable bonds is 4. The Hall–Kier alpha value is -3.57. The molecule has 0 radical (unpaired) electrons. The fourth-order valence-corrected chi connectivity index (χ4v) is 5.52. The highest BCUT2D eigenvalue weighted by molar-refractivity contribution is 5.86. The summed E-state index contributed by atoms with van der Waals surface area (Å²) in [5.74, 6) is 0.569. The van der Waals surface area contributed by atoms with Gasteiger partial charge in [0.15, 0.2) is 11.5 Å². The number of aromatic nitrogens is 4. The zero-order chi connectivity index (χ0) is 25.9. The predicted octanol–water partition coefficient (Wildman–Crippen LogP) is 3.90. The Morgan fingerprint density at radius 3 is 2.57 bits per heavy atom. The summed E-state index contributed by atoms with van der Waals surface area (Å²) < 4.78 is 44.2. The van der Waals surface area contributed by atoms with Gasteiger partial charge in [-0.3, -0.25) is 14.3 Å². The normalized spacial score (nSPS) is 21.5. The van der Waals surface area contributed by atoms with Crippen LogP contribution in [0.15, 0.2) is 47.7 Å². The van der Waals surface area contributed by atoms with Gasteiger partial charge in [0.05, 0.1) is 5.52 Å². The van der Waals surface area contributed by atoms with Crippen LogP contribution in [0.2, 0.25) is 0 Å². The van der Waals surface area contributed by atoms with Crippen molar-refractivity contribution in [2.24, 2.45) is 10.8 Å². The zero-order valence-corrected chi connectivity index (χ0v) is 20.5. The number of hydrazone groups is 1. The van der Waals surface area contributed by atoms with Crippen molar-refractivity contribution in [3.05, 3.63) is 59.3 Å². The van der Waals surface area contributed by atoms with E-state index in [1.807, 2.05) is 43.4 Å². The maximum atomic E-state index is 14.2. The third-order valence-corrected chi connectivity index (χ3v) is 7.36. The molecule has 0 bridgehead atoms. The predicted molar refractivity (Wildman–Crippen MR) is 135 cm³/mol. The minimum Gasteiger partial charge on any atom is -0.326 e. The summed E-state index contributed by atoms with van der Waals surface area (Å²) in [5, 5.41) is 15.7. The molecule has 0 spiro atoms. The fraction of sp³-hybridized carbons (Fsp3) is 0.385. The van der Waals surface area contributed by atoms with Crippen LogP contribution in [0.3, 0.4) is 0 Å². The molecule has 3 aromatic heterocycles. The maximum absolute atomic E-state index is 14.2. The van der Waals surface area contributed by atoms with Crippen molar-refractivity contribution in [3.63, 3.8) is 0 Å². The molecule has 1 aromatic carbocycles. The van der Waals surface area contributed by atoms with Crippen LogP contribution in [0.4, 0.5) is 13.2 Å². The lowest BCUT2D eigenvalue weighted by Gasteiger charge is -2.30. The Balaban J connectivity index is 1.43. The lowest BCUT2D eigenvalue weighted by molar-refractivity contribution is -0.183. The van der Waals surface area contributed by atoms with Crippen molar-refractivity contribution in [3.8, 4) is 11.5 Å². The van der Waals surface area contributed by atoms with Gasteiger partial charge in [0.1, 0.15) is 11.7 Å². The molecule has 5 heterocycles. The molecule has 4 aromatic rings. The topological polar surface area (TPSA) is 87.9 Å². The van der Waals surface area contributed by atoms with E-state index in [1.54, 1.807) is 10.5 Å². The van der Waals surface area contributed by atoms with Crippen LogP contribution in [0.5, 0.6) is 0 Å². The molecule has 0 saturated carbocycles. The summed E-state index contributed by atoms with van der Waals surface area (Å²) in [7, 11) is 1.94. The molecule has 192 valence electrons. The van der Waals surface area contributed by atoms with Crippen molar-refractivity contribution in [1.82, 2.24) is 29.5 Å². The summed E-state index contributed by atoms with van der Waals surface area (Å²) in [6.07, 6.45) is -0.487. The molecule has 3 atom stereocenters. The molecule has 1 fully saturated rings. The first-order valence-corrected chi connectivity index (χ1v) is 12.3. The van der Waals surface area contributed by atoms with Gasteiger partial charge in [0, 0.05) is 56.4 Å². The van der Waals surface area contributed by atoms with E-state index < -0.39 is 12.2 Å². The zero-order valence-electron chi connectivity index (χ0n) is 20.5. The molecule has 1 unspecified atom stereocenters. The first kappa shape index (κ1) is 23.8. The number of halogens is 3. The lowest BCUT2D eigenvalue weighted by atomic mass is 9.94. The number of hydrogen-bond donors (Lipinski definition) is 1. The highest BCUT2D eigenvalue weighted by Gasteiger charge is 2.46. The second kappa shape index (κ2) is 8.77. The number of likely N-dealkylation sites (N-methyl/N-ethyl adjacent to an activating group) is 1. The number of pyridine rings is 2. The molecule has 2 aliphatic rings. The molecule has 37 heavy (non-hydrogen) atoms. The van der Waals surface area contributed by atoms with E-state index in [4.69, 9.17) is 10.7 Å². The van der Waals surface area contributed by atoms with E-state index in [-0.39, 0.29) is 24.1 Å². The van der Waals surface area contributed by atoms with Gasteiger partial charge < -0.3 is 5.73 Å². The van der Waals surface area contributed by atoms with Gasteiger partial charge in [0.2, 0.25) is 0 Å². The Morgan fingerprint density at radius 2 is 1.86 bits per heavy atom. The van der Waals surface area contributed by atoms with Gasteiger partial charge in [-0.2, -0.15) is 18.3 Å². The van der Waals surface area contributed by atoms with Crippen molar-refractivity contribution in [1.29, 1.82) is 0 Å². The molecule has 8 nitrogen and oxygen atoms in total. The second-order valence-electron chi connectivity index (χ2n) is 9.96. The standard InChI is InChI=1S/C26H27F3N8/c1-15-20(18-11-31-35(2)12-18)6-3-16-4-7-21(32-23(15)16)25-34-33-22-8-5-17(13-37(22)25)24(26(27,28)29)36-10-9-19(30)14-36/h3-8,11,13,18-19,24H,9-10,12,14,30H2,1-2H3/t18?,19-,24+/m0/s1. The number of likely N-dealkylation sites (tertiary alicyclic amines) is 1. The summed E-state index contributed by atoms with van der Waals surface area (Å²) in [6.45, 7) is 3.33. The van der Waals surface area contributed by atoms with Crippen molar-refractivity contribution in [2.45, 2.75) is 37.5 Å². The molecule has 0 amide bonds. The highest BCUT2D eigenvalue weighted by atomic mass is 19.4. The van der Waals surface area contributed by atoms with Crippen LogP contribution >= 0.6 is 0 Å². The number of nitrogens with zero attached hydrogens (tertiary/aromatic N) is 7. The summed E-state index contributed by atoms with van der Waals surface area (Å²) in [5.41, 5.74) is 10.1. The minimum absolute atomic E-state index is 0.124. The van der Waals surface area contributed by atoms with Gasteiger partial charge in [0.25, 0.3) is 0 Å². The first-order chi connectivity index (χ1) is 17.7. The Morgan fingerprint density at radius 1 is 1.05 bits per heavy atom. The van der Waals surface area contributed by atoms with Crippen LogP contribution in [-0.4, -0.2) is 74.6 Å². The van der Waals surface area contributed by atoms with E-state index in [0.717, 1.165) is 28.6 Å². The maximum Gasteiger partial charge on any atom is 0.408 e. The molecule has 2 N–H and O–H groups in total. The SMILES string of the molecule is Cc1c(C2C=NN(C)C2)ccc2ccc(-c3nnc4ccc([C@@H](N5CC[C@H](N)C5)C(F)(F)F)cn34)nc12. The third-order valence-electron chi connectivity index (χ3n) is 7.36. The Labute approximate surface area is 211 Å². The highest BCUT2D eigenvalue weighted by Crippen LogP contribution is 2.39. The molecule has 2 aliphatic heterocycles. The monoisotopic (exact) mass is 508 g/mol. The first-order valence-electron chi connectivity index (χ1n) is 12.3. The average Bonchev–Trinajstić information content (AvgIpc) is 3.58. The van der Waals surface area contributed by atoms with Crippen LogP contribution in [0.1, 0.15) is 35.1 Å². The molecule has 11 heteroatoms. The Kier molecular flexibility index (Phi) is 5.64. The number of benzene rings is 1. The minimum atomic E-state index is -4.45. The fourth-order valence-electron chi connectivity index (χ4n) is 5.52. The summed E-state index contributed by atoms with van der Waals surface area (Å²) in [6, 6.07) is 8.96. The molecular weight excluding hydrogens is 481 g/mol. The van der Waals surface area contributed by atoms with E-state index in [9.17, 15) is 13.2 Å². The number of fused-ring (bicyclic) bond motifs is 2. The lowest BCUT2D eigenvalue weighted by Crippen LogP contribution is -2.38.